The van der Waals surface area contributed by atoms with Crippen LogP contribution >= 0.6 is 0 Å². The molecule has 0 saturated carbocycles. The van der Waals surface area contributed by atoms with Gasteiger partial charge in [0, 0.05) is 5.56 Å². The molecular formula is C14H18N2O. The Bertz CT molecular complexity index is 529. The van der Waals surface area contributed by atoms with E-state index in [1.54, 1.807) is 6.20 Å². The van der Waals surface area contributed by atoms with Crippen LogP contribution in [0.4, 0.5) is 0 Å². The summed E-state index contributed by atoms with van der Waals surface area (Å²) < 4.78 is 0. The second-order valence-corrected chi connectivity index (χ2v) is 4.54. The highest BCUT2D eigenvalue weighted by Gasteiger charge is 2.12. The van der Waals surface area contributed by atoms with Crippen LogP contribution in [0.5, 0.6) is 0 Å². The molecule has 0 aliphatic carbocycles. The lowest BCUT2D eigenvalue weighted by atomic mass is 9.93. The molecule has 0 amide bonds. The molecule has 2 aromatic rings. The number of hydrogen-bond acceptors (Lipinski definition) is 2. The molecule has 0 saturated heterocycles. The number of nitrogens with zero attached hydrogens (tertiary/aromatic N) is 1. The Balaban J connectivity index is 2.65. The number of aliphatic hydroxyl groups is 1. The minimum Gasteiger partial charge on any atom is -0.388 e. The zero-order valence-corrected chi connectivity index (χ0v) is 10.8. The Morgan fingerprint density at radius 2 is 1.71 bits per heavy atom. The monoisotopic (exact) mass is 230 g/mol. The van der Waals surface area contributed by atoms with E-state index in [1.165, 1.54) is 27.8 Å². The van der Waals surface area contributed by atoms with E-state index in [0.29, 0.717) is 5.82 Å². The number of hydrogen-bond donors (Lipinski definition) is 2. The van der Waals surface area contributed by atoms with Gasteiger partial charge in [-0.05, 0) is 49.9 Å². The number of imidazole rings is 1. The number of aromatic nitrogens is 2. The number of aliphatic hydroxyl groups excluding tert-OH is 1. The van der Waals surface area contributed by atoms with Crippen LogP contribution in [0.15, 0.2) is 12.3 Å². The van der Waals surface area contributed by atoms with Gasteiger partial charge in [-0.25, -0.2) is 4.98 Å². The number of benzene rings is 1. The van der Waals surface area contributed by atoms with Crippen molar-refractivity contribution in [2.24, 2.45) is 0 Å². The lowest BCUT2D eigenvalue weighted by Gasteiger charge is -2.13. The van der Waals surface area contributed by atoms with Crippen molar-refractivity contribution >= 4 is 0 Å². The highest BCUT2D eigenvalue weighted by molar-refractivity contribution is 5.70. The quantitative estimate of drug-likeness (QED) is 0.833. The van der Waals surface area contributed by atoms with Gasteiger partial charge in [0.1, 0.15) is 12.4 Å². The van der Waals surface area contributed by atoms with E-state index in [2.05, 4.69) is 43.7 Å². The first kappa shape index (κ1) is 11.9. The van der Waals surface area contributed by atoms with E-state index in [4.69, 9.17) is 5.11 Å². The Hall–Kier alpha value is -1.61. The van der Waals surface area contributed by atoms with Crippen molar-refractivity contribution in [1.82, 2.24) is 9.97 Å². The first-order valence-electron chi connectivity index (χ1n) is 5.77. The van der Waals surface area contributed by atoms with Gasteiger partial charge in [0.15, 0.2) is 0 Å². The zero-order valence-electron chi connectivity index (χ0n) is 10.8. The van der Waals surface area contributed by atoms with Crippen LogP contribution in [0.1, 0.15) is 28.1 Å². The van der Waals surface area contributed by atoms with Crippen LogP contribution in [0.25, 0.3) is 11.3 Å². The summed E-state index contributed by atoms with van der Waals surface area (Å²) in [5, 5.41) is 9.05. The first-order valence-corrected chi connectivity index (χ1v) is 5.77. The third-order valence-electron chi connectivity index (χ3n) is 3.41. The molecule has 17 heavy (non-hydrogen) atoms. The molecule has 1 aromatic heterocycles. The van der Waals surface area contributed by atoms with E-state index in [1.807, 2.05) is 0 Å². The molecule has 0 radical (unpaired) electrons. The summed E-state index contributed by atoms with van der Waals surface area (Å²) in [4.78, 5) is 7.30. The predicted octanol–water partition coefficient (Wildman–Crippen LogP) is 2.80. The van der Waals surface area contributed by atoms with Crippen molar-refractivity contribution in [2.45, 2.75) is 34.3 Å². The van der Waals surface area contributed by atoms with E-state index in [0.717, 1.165) is 5.69 Å². The van der Waals surface area contributed by atoms with Crippen molar-refractivity contribution in [1.29, 1.82) is 0 Å². The third-order valence-corrected chi connectivity index (χ3v) is 3.41. The van der Waals surface area contributed by atoms with Gasteiger partial charge in [-0.15, -0.1) is 0 Å². The largest absolute Gasteiger partial charge is 0.388 e. The van der Waals surface area contributed by atoms with Crippen molar-refractivity contribution in [3.8, 4) is 11.3 Å². The molecule has 0 bridgehead atoms. The molecular weight excluding hydrogens is 212 g/mol. The molecule has 1 aromatic carbocycles. The Labute approximate surface area is 102 Å². The number of aryl methyl sites for hydroxylation is 2. The molecule has 1 heterocycles. The molecule has 0 fully saturated rings. The van der Waals surface area contributed by atoms with E-state index in [9.17, 15) is 0 Å². The standard InChI is InChI=1S/C14H18N2O/c1-8-5-9(2)11(4)14(10(8)3)12-6-15-13(7-17)16-12/h5-6,17H,7H2,1-4H3,(H,15,16). The summed E-state index contributed by atoms with van der Waals surface area (Å²) in [5.74, 6) is 0.609. The topological polar surface area (TPSA) is 48.9 Å². The fraction of sp³-hybridized carbons (Fsp3) is 0.357. The zero-order chi connectivity index (χ0) is 12.6. The fourth-order valence-electron chi connectivity index (χ4n) is 2.19. The average molecular weight is 230 g/mol. The SMILES string of the molecule is Cc1cc(C)c(C)c(-c2cnc(CO)[nH]2)c1C. The molecule has 3 nitrogen and oxygen atoms in total. The lowest BCUT2D eigenvalue weighted by molar-refractivity contribution is 0.272. The lowest BCUT2D eigenvalue weighted by Crippen LogP contribution is -1.95. The number of nitrogens with one attached hydrogen (secondary N) is 1. The van der Waals surface area contributed by atoms with E-state index >= 15 is 0 Å². The van der Waals surface area contributed by atoms with Gasteiger partial charge < -0.3 is 10.1 Å². The van der Waals surface area contributed by atoms with Crippen molar-refractivity contribution in [3.05, 3.63) is 40.3 Å². The maximum atomic E-state index is 9.05. The molecule has 0 aliphatic rings. The second kappa shape index (κ2) is 4.34. The first-order chi connectivity index (χ1) is 8.04. The maximum absolute atomic E-state index is 9.05. The summed E-state index contributed by atoms with van der Waals surface area (Å²) in [7, 11) is 0. The maximum Gasteiger partial charge on any atom is 0.132 e. The van der Waals surface area contributed by atoms with Crippen LogP contribution < -0.4 is 0 Å². The van der Waals surface area contributed by atoms with Crippen LogP contribution in [-0.2, 0) is 6.61 Å². The Morgan fingerprint density at radius 3 is 2.18 bits per heavy atom. The van der Waals surface area contributed by atoms with Crippen LogP contribution in [0.3, 0.4) is 0 Å². The van der Waals surface area contributed by atoms with Gasteiger partial charge in [0.2, 0.25) is 0 Å². The number of aromatic amines is 1. The summed E-state index contributed by atoms with van der Waals surface area (Å²) >= 11 is 0. The van der Waals surface area contributed by atoms with E-state index in [-0.39, 0.29) is 6.61 Å². The molecule has 0 spiro atoms. The smallest absolute Gasteiger partial charge is 0.132 e. The third kappa shape index (κ3) is 1.98. The van der Waals surface area contributed by atoms with Crippen LogP contribution in [0, 0.1) is 27.7 Å². The fourth-order valence-corrected chi connectivity index (χ4v) is 2.19. The molecule has 0 aliphatic heterocycles. The number of H-pyrrole nitrogens is 1. The summed E-state index contributed by atoms with van der Waals surface area (Å²) in [6.45, 7) is 8.43. The van der Waals surface area contributed by atoms with Crippen LogP contribution in [-0.4, -0.2) is 15.1 Å². The molecule has 90 valence electrons. The molecule has 2 N–H and O–H groups in total. The van der Waals surface area contributed by atoms with Crippen molar-refractivity contribution < 1.29 is 5.11 Å². The van der Waals surface area contributed by atoms with Gasteiger partial charge in [0.25, 0.3) is 0 Å². The molecule has 0 atom stereocenters. The number of rotatable bonds is 2. The molecule has 0 unspecified atom stereocenters. The van der Waals surface area contributed by atoms with Gasteiger partial charge in [-0.1, -0.05) is 6.07 Å². The van der Waals surface area contributed by atoms with Gasteiger partial charge in [0.05, 0.1) is 11.9 Å². The summed E-state index contributed by atoms with van der Waals surface area (Å²) in [6.07, 6.45) is 1.79. The predicted molar refractivity (Wildman–Crippen MR) is 68.9 cm³/mol. The minimum absolute atomic E-state index is 0.0527. The highest BCUT2D eigenvalue weighted by Crippen LogP contribution is 2.30. The second-order valence-electron chi connectivity index (χ2n) is 4.54. The average Bonchev–Trinajstić information content (AvgIpc) is 2.75. The van der Waals surface area contributed by atoms with E-state index < -0.39 is 0 Å². The molecule has 3 heteroatoms. The van der Waals surface area contributed by atoms with Gasteiger partial charge in [-0.3, -0.25) is 0 Å². The minimum atomic E-state index is -0.0527. The normalized spacial score (nSPS) is 10.9. The van der Waals surface area contributed by atoms with Crippen molar-refractivity contribution in [3.63, 3.8) is 0 Å². The molecule has 2 rings (SSSR count). The van der Waals surface area contributed by atoms with Gasteiger partial charge >= 0.3 is 0 Å². The Kier molecular flexibility index (Phi) is 3.03. The summed E-state index contributed by atoms with van der Waals surface area (Å²) in [5.41, 5.74) is 7.28. The van der Waals surface area contributed by atoms with Gasteiger partial charge in [-0.2, -0.15) is 0 Å². The highest BCUT2D eigenvalue weighted by atomic mass is 16.3. The Morgan fingerprint density at radius 1 is 1.12 bits per heavy atom. The summed E-state index contributed by atoms with van der Waals surface area (Å²) in [6, 6.07) is 2.21. The van der Waals surface area contributed by atoms with Crippen molar-refractivity contribution in [2.75, 3.05) is 0 Å². The van der Waals surface area contributed by atoms with Crippen LogP contribution in [0.2, 0.25) is 0 Å².